The van der Waals surface area contributed by atoms with Gasteiger partial charge in [0.1, 0.15) is 11.3 Å². The number of fused-ring (bicyclic) bond motifs is 1. The van der Waals surface area contributed by atoms with Gasteiger partial charge >= 0.3 is 6.09 Å². The standard InChI is InChI=1S/C10H10O.CH3NO2/c1-7-8(2)11-10-6-4-3-5-9(7)10;2-1(3)4/h3-6H,1-2H3;2H2,(H,3,4). The molecule has 0 fully saturated rings. The van der Waals surface area contributed by atoms with Gasteiger partial charge in [0.25, 0.3) is 0 Å². The lowest BCUT2D eigenvalue weighted by molar-refractivity contribution is 0.205. The van der Waals surface area contributed by atoms with Gasteiger partial charge in [0.05, 0.1) is 0 Å². The molecule has 1 amide bonds. The lowest BCUT2D eigenvalue weighted by Crippen LogP contribution is -2.03. The fourth-order valence-corrected chi connectivity index (χ4v) is 1.30. The summed E-state index contributed by atoms with van der Waals surface area (Å²) in [6.07, 6.45) is -1.33. The SMILES string of the molecule is Cc1oc2ccccc2c1C.NC(=O)O. The first-order chi connectivity index (χ1) is 7.02. The molecule has 2 rings (SSSR count). The molecule has 80 valence electrons. The van der Waals surface area contributed by atoms with Crippen LogP contribution in [0, 0.1) is 13.8 Å². The number of aryl methyl sites for hydroxylation is 2. The molecule has 0 aliphatic heterocycles. The normalized spacial score (nSPS) is 9.47. The van der Waals surface area contributed by atoms with Gasteiger partial charge < -0.3 is 15.3 Å². The minimum absolute atomic E-state index is 0.988. The maximum Gasteiger partial charge on any atom is 0.402 e. The molecule has 3 N–H and O–H groups in total. The van der Waals surface area contributed by atoms with Gasteiger partial charge in [0.15, 0.2) is 0 Å². The summed E-state index contributed by atoms with van der Waals surface area (Å²) in [6.45, 7) is 4.08. The van der Waals surface area contributed by atoms with E-state index in [2.05, 4.69) is 18.7 Å². The summed E-state index contributed by atoms with van der Waals surface area (Å²) in [6, 6.07) is 8.10. The molecule has 0 saturated heterocycles. The molecule has 1 heterocycles. The molecule has 1 aromatic heterocycles. The number of carbonyl (C=O) groups is 1. The van der Waals surface area contributed by atoms with Gasteiger partial charge in [0, 0.05) is 5.39 Å². The van der Waals surface area contributed by atoms with Crippen LogP contribution >= 0.6 is 0 Å². The molecule has 2 aromatic rings. The summed E-state index contributed by atoms with van der Waals surface area (Å²) in [5.74, 6) is 1.02. The topological polar surface area (TPSA) is 76.5 Å². The molecule has 0 aliphatic rings. The van der Waals surface area contributed by atoms with Crippen molar-refractivity contribution < 1.29 is 14.3 Å². The first-order valence-electron chi connectivity index (χ1n) is 4.45. The van der Waals surface area contributed by atoms with Crippen LogP contribution in [0.2, 0.25) is 0 Å². The van der Waals surface area contributed by atoms with E-state index in [0.717, 1.165) is 11.3 Å². The van der Waals surface area contributed by atoms with Gasteiger partial charge in [-0.2, -0.15) is 0 Å². The second kappa shape index (κ2) is 4.50. The van der Waals surface area contributed by atoms with Gasteiger partial charge in [-0.15, -0.1) is 0 Å². The third-order valence-electron chi connectivity index (χ3n) is 2.08. The molecule has 0 bridgehead atoms. The van der Waals surface area contributed by atoms with Gasteiger partial charge in [0.2, 0.25) is 0 Å². The minimum Gasteiger partial charge on any atom is -0.465 e. The molecular weight excluding hydrogens is 194 g/mol. The summed E-state index contributed by atoms with van der Waals surface area (Å²) >= 11 is 0. The zero-order chi connectivity index (χ0) is 11.4. The van der Waals surface area contributed by atoms with Gasteiger partial charge in [-0.05, 0) is 25.5 Å². The number of nitrogens with two attached hydrogens (primary N) is 1. The highest BCUT2D eigenvalue weighted by Gasteiger charge is 2.03. The largest absolute Gasteiger partial charge is 0.465 e. The van der Waals surface area contributed by atoms with E-state index in [1.165, 1.54) is 10.9 Å². The van der Waals surface area contributed by atoms with Crippen LogP contribution in [0.1, 0.15) is 11.3 Å². The first-order valence-corrected chi connectivity index (χ1v) is 4.45. The van der Waals surface area contributed by atoms with Crippen molar-refractivity contribution in [2.24, 2.45) is 5.73 Å². The number of furan rings is 1. The lowest BCUT2D eigenvalue weighted by atomic mass is 10.2. The monoisotopic (exact) mass is 207 g/mol. The van der Waals surface area contributed by atoms with E-state index < -0.39 is 6.09 Å². The van der Waals surface area contributed by atoms with Crippen LogP contribution in [0.3, 0.4) is 0 Å². The van der Waals surface area contributed by atoms with Crippen LogP contribution in [0.25, 0.3) is 11.0 Å². The smallest absolute Gasteiger partial charge is 0.402 e. The van der Waals surface area contributed by atoms with Gasteiger partial charge in [-0.25, -0.2) is 4.79 Å². The van der Waals surface area contributed by atoms with Crippen molar-refractivity contribution in [3.05, 3.63) is 35.6 Å². The molecule has 0 atom stereocenters. The number of hydrogen-bond acceptors (Lipinski definition) is 2. The fraction of sp³-hybridized carbons (Fsp3) is 0.182. The van der Waals surface area contributed by atoms with E-state index in [1.54, 1.807) is 0 Å². The number of para-hydroxylation sites is 1. The molecule has 4 nitrogen and oxygen atoms in total. The molecule has 0 unspecified atom stereocenters. The van der Waals surface area contributed by atoms with Crippen molar-refractivity contribution in [2.75, 3.05) is 0 Å². The average Bonchev–Trinajstić information content (AvgIpc) is 2.43. The Hall–Kier alpha value is -1.97. The number of carboxylic acid groups (broad SMARTS) is 1. The Morgan fingerprint density at radius 1 is 1.33 bits per heavy atom. The Bertz CT molecular complexity index is 470. The Morgan fingerprint density at radius 3 is 2.40 bits per heavy atom. The predicted octanol–water partition coefficient (Wildman–Crippen LogP) is 2.67. The lowest BCUT2D eigenvalue weighted by Gasteiger charge is -1.85. The molecule has 0 spiro atoms. The van der Waals surface area contributed by atoms with Crippen molar-refractivity contribution in [2.45, 2.75) is 13.8 Å². The minimum atomic E-state index is -1.33. The van der Waals surface area contributed by atoms with E-state index >= 15 is 0 Å². The molecule has 1 aromatic carbocycles. The Labute approximate surface area is 87.3 Å². The molecule has 4 heteroatoms. The van der Waals surface area contributed by atoms with Crippen molar-refractivity contribution >= 4 is 17.1 Å². The van der Waals surface area contributed by atoms with Crippen LogP contribution < -0.4 is 5.73 Å². The maximum atomic E-state index is 8.78. The summed E-state index contributed by atoms with van der Waals surface area (Å²) in [7, 11) is 0. The Morgan fingerprint density at radius 2 is 1.87 bits per heavy atom. The van der Waals surface area contributed by atoms with Crippen molar-refractivity contribution in [1.29, 1.82) is 0 Å². The number of hydrogen-bond donors (Lipinski definition) is 2. The molecular formula is C11H13NO3. The fourth-order valence-electron chi connectivity index (χ4n) is 1.30. The highest BCUT2D eigenvalue weighted by atomic mass is 16.4. The van der Waals surface area contributed by atoms with E-state index in [0.29, 0.717) is 0 Å². The summed E-state index contributed by atoms with van der Waals surface area (Å²) in [4.78, 5) is 8.78. The molecule has 15 heavy (non-hydrogen) atoms. The van der Waals surface area contributed by atoms with E-state index in [-0.39, 0.29) is 0 Å². The van der Waals surface area contributed by atoms with Crippen molar-refractivity contribution in [3.63, 3.8) is 0 Å². The van der Waals surface area contributed by atoms with Crippen molar-refractivity contribution in [3.8, 4) is 0 Å². The van der Waals surface area contributed by atoms with Gasteiger partial charge in [-0.1, -0.05) is 18.2 Å². The summed E-state index contributed by atoms with van der Waals surface area (Å²) in [5, 5.41) is 8.42. The maximum absolute atomic E-state index is 8.78. The summed E-state index contributed by atoms with van der Waals surface area (Å²) in [5.41, 5.74) is 6.27. The highest BCUT2D eigenvalue weighted by Crippen LogP contribution is 2.23. The quantitative estimate of drug-likeness (QED) is 0.697. The Balaban J connectivity index is 0.000000245. The summed E-state index contributed by atoms with van der Waals surface area (Å²) < 4.78 is 5.50. The molecule has 0 saturated carbocycles. The number of amides is 1. The van der Waals surface area contributed by atoms with Crippen LogP contribution in [0.4, 0.5) is 4.79 Å². The van der Waals surface area contributed by atoms with Crippen LogP contribution in [0.15, 0.2) is 28.7 Å². The van der Waals surface area contributed by atoms with Crippen LogP contribution in [-0.4, -0.2) is 11.2 Å². The average molecular weight is 207 g/mol. The zero-order valence-corrected chi connectivity index (χ0v) is 8.65. The second-order valence-corrected chi connectivity index (χ2v) is 3.12. The zero-order valence-electron chi connectivity index (χ0n) is 8.65. The molecule has 0 radical (unpaired) electrons. The predicted molar refractivity (Wildman–Crippen MR) is 57.9 cm³/mol. The van der Waals surface area contributed by atoms with Crippen LogP contribution in [-0.2, 0) is 0 Å². The number of rotatable bonds is 0. The van der Waals surface area contributed by atoms with Crippen molar-refractivity contribution in [1.82, 2.24) is 0 Å². The third kappa shape index (κ3) is 2.74. The van der Waals surface area contributed by atoms with Crippen LogP contribution in [0.5, 0.6) is 0 Å². The molecule has 0 aliphatic carbocycles. The van der Waals surface area contributed by atoms with E-state index in [1.807, 2.05) is 25.1 Å². The third-order valence-corrected chi connectivity index (χ3v) is 2.08. The first kappa shape index (κ1) is 11.1. The van der Waals surface area contributed by atoms with E-state index in [4.69, 9.17) is 14.3 Å². The number of benzene rings is 1. The highest BCUT2D eigenvalue weighted by molar-refractivity contribution is 5.81. The van der Waals surface area contributed by atoms with E-state index in [9.17, 15) is 0 Å². The Kier molecular flexibility index (Phi) is 3.33. The second-order valence-electron chi connectivity index (χ2n) is 3.12. The van der Waals surface area contributed by atoms with Gasteiger partial charge in [-0.3, -0.25) is 0 Å². The number of primary amides is 1.